The lowest BCUT2D eigenvalue weighted by molar-refractivity contribution is -0.113. The van der Waals surface area contributed by atoms with Crippen LogP contribution in [-0.4, -0.2) is 45.7 Å². The Bertz CT molecular complexity index is 1370. The first kappa shape index (κ1) is 26.9. The van der Waals surface area contributed by atoms with Crippen molar-refractivity contribution in [2.75, 3.05) is 30.7 Å². The van der Waals surface area contributed by atoms with E-state index in [2.05, 4.69) is 20.5 Å². The van der Waals surface area contributed by atoms with Crippen LogP contribution in [-0.2, 0) is 30.8 Å². The van der Waals surface area contributed by atoms with Gasteiger partial charge in [-0.25, -0.2) is 9.37 Å². The summed E-state index contributed by atoms with van der Waals surface area (Å²) >= 11 is 1.52. The van der Waals surface area contributed by atoms with Crippen LogP contribution in [0, 0.1) is 11.7 Å². The molecular weight excluding hydrogens is 524 g/mol. The number of carbonyl (C=O) groups is 1. The number of likely N-dealkylation sites (tertiary alicyclic amines) is 1. The van der Waals surface area contributed by atoms with E-state index in [9.17, 15) is 14.0 Å². The average Bonchev–Trinajstić information content (AvgIpc) is 3.47. The number of aryl methyl sites for hydroxylation is 2. The van der Waals surface area contributed by atoms with E-state index in [-0.39, 0.29) is 42.1 Å². The molecule has 0 aliphatic carbocycles. The van der Waals surface area contributed by atoms with Crippen molar-refractivity contribution < 1.29 is 9.18 Å². The van der Waals surface area contributed by atoms with E-state index in [4.69, 9.17) is 0 Å². The lowest BCUT2D eigenvalue weighted by atomic mass is 10.1. The molecule has 0 saturated carbocycles. The molecule has 1 saturated heterocycles. The lowest BCUT2D eigenvalue weighted by Crippen LogP contribution is -2.30. The van der Waals surface area contributed by atoms with Crippen LogP contribution in [0.15, 0.2) is 40.0 Å². The standard InChI is InChI=1S/C25H26FN5O2S.2ClH/c26-20-3-1-16-9-17(25(33)31-8-6-19(20)23(16)31)13-30-7-5-15(12-30)10-27-11-18-2-4-21-24(28-18)29-22(32)14-34-21;;/h1-4,9,15,27H,5-8,10-14H2,(H,28,29,32);2*1H. The number of nitrogens with zero attached hydrogens (tertiary/aromatic N) is 3. The summed E-state index contributed by atoms with van der Waals surface area (Å²) in [4.78, 5) is 32.6. The molecule has 1 unspecified atom stereocenters. The summed E-state index contributed by atoms with van der Waals surface area (Å²) < 4.78 is 15.9. The van der Waals surface area contributed by atoms with Crippen LogP contribution in [0.4, 0.5) is 10.2 Å². The smallest absolute Gasteiger partial charge is 0.255 e. The van der Waals surface area contributed by atoms with Crippen molar-refractivity contribution in [3.05, 3.63) is 63.3 Å². The van der Waals surface area contributed by atoms with Gasteiger partial charge in [-0.1, -0.05) is 0 Å². The normalized spacial score (nSPS) is 18.5. The zero-order chi connectivity index (χ0) is 23.2. The number of nitrogens with one attached hydrogen (secondary N) is 2. The van der Waals surface area contributed by atoms with E-state index in [0.717, 1.165) is 53.1 Å². The Balaban J connectivity index is 0.00000152. The molecule has 3 aliphatic heterocycles. The number of fused-ring (bicyclic) bond motifs is 1. The van der Waals surface area contributed by atoms with Crippen molar-refractivity contribution in [2.45, 2.75) is 37.4 Å². The molecule has 7 nitrogen and oxygen atoms in total. The van der Waals surface area contributed by atoms with Gasteiger partial charge in [0, 0.05) is 37.3 Å². The lowest BCUT2D eigenvalue weighted by Gasteiger charge is -2.18. The minimum absolute atomic E-state index is 0. The summed E-state index contributed by atoms with van der Waals surface area (Å²) in [5.41, 5.74) is 3.16. The molecule has 1 atom stereocenters. The van der Waals surface area contributed by atoms with Crippen LogP contribution < -0.4 is 16.2 Å². The van der Waals surface area contributed by atoms with E-state index < -0.39 is 0 Å². The molecule has 3 aromatic rings. The Morgan fingerprint density at radius 2 is 2.03 bits per heavy atom. The average molecular weight is 553 g/mol. The highest BCUT2D eigenvalue weighted by molar-refractivity contribution is 8.00. The third-order valence-corrected chi connectivity index (χ3v) is 8.04. The number of thioether (sulfide) groups is 1. The fraction of sp³-hybridized carbons (Fsp3) is 0.400. The molecule has 5 heterocycles. The molecule has 192 valence electrons. The van der Waals surface area contributed by atoms with Gasteiger partial charge in [0.25, 0.3) is 5.56 Å². The first-order chi connectivity index (χ1) is 16.5. The number of benzene rings is 1. The third kappa shape index (κ3) is 5.13. The van der Waals surface area contributed by atoms with Crippen molar-refractivity contribution in [2.24, 2.45) is 5.92 Å². The van der Waals surface area contributed by atoms with Crippen LogP contribution in [0.2, 0.25) is 0 Å². The molecule has 3 aliphatic rings. The number of pyridine rings is 2. The summed E-state index contributed by atoms with van der Waals surface area (Å²) in [5, 5.41) is 7.29. The van der Waals surface area contributed by atoms with Gasteiger partial charge in [-0.3, -0.25) is 14.5 Å². The van der Waals surface area contributed by atoms with Gasteiger partial charge in [0.15, 0.2) is 0 Å². The Labute approximate surface area is 225 Å². The number of hydrogen-bond acceptors (Lipinski definition) is 6. The maximum absolute atomic E-state index is 14.1. The van der Waals surface area contributed by atoms with Gasteiger partial charge in [-0.15, -0.1) is 36.6 Å². The Hall–Kier alpha value is -2.17. The van der Waals surface area contributed by atoms with Crippen molar-refractivity contribution in [3.63, 3.8) is 0 Å². The van der Waals surface area contributed by atoms with Gasteiger partial charge in [-0.05, 0) is 67.6 Å². The number of carbonyl (C=O) groups excluding carboxylic acids is 1. The van der Waals surface area contributed by atoms with Gasteiger partial charge in [-0.2, -0.15) is 0 Å². The Kier molecular flexibility index (Phi) is 8.26. The van der Waals surface area contributed by atoms with E-state index in [1.165, 1.54) is 17.8 Å². The molecule has 1 aromatic carbocycles. The minimum atomic E-state index is -0.213. The highest BCUT2D eigenvalue weighted by Gasteiger charge is 2.25. The largest absolute Gasteiger partial charge is 0.311 e. The molecule has 0 radical (unpaired) electrons. The Morgan fingerprint density at radius 3 is 2.89 bits per heavy atom. The van der Waals surface area contributed by atoms with E-state index in [1.807, 2.05) is 18.2 Å². The van der Waals surface area contributed by atoms with Gasteiger partial charge < -0.3 is 15.2 Å². The Morgan fingerprint density at radius 1 is 1.17 bits per heavy atom. The van der Waals surface area contributed by atoms with Gasteiger partial charge >= 0.3 is 0 Å². The van der Waals surface area contributed by atoms with Crippen molar-refractivity contribution in [3.8, 4) is 0 Å². The molecule has 2 aromatic heterocycles. The first-order valence-electron chi connectivity index (χ1n) is 11.7. The first-order valence-corrected chi connectivity index (χ1v) is 12.7. The van der Waals surface area contributed by atoms with Gasteiger partial charge in [0.2, 0.25) is 5.91 Å². The van der Waals surface area contributed by atoms with Crippen molar-refractivity contribution >= 4 is 59.2 Å². The van der Waals surface area contributed by atoms with Crippen molar-refractivity contribution in [1.29, 1.82) is 0 Å². The second-order valence-corrected chi connectivity index (χ2v) is 10.4. The van der Waals surface area contributed by atoms with Gasteiger partial charge in [0.1, 0.15) is 11.6 Å². The number of hydrogen-bond donors (Lipinski definition) is 2. The summed E-state index contributed by atoms with van der Waals surface area (Å²) in [5.74, 6) is 1.39. The van der Waals surface area contributed by atoms with Crippen LogP contribution in [0.5, 0.6) is 0 Å². The maximum atomic E-state index is 14.1. The van der Waals surface area contributed by atoms with Crippen LogP contribution >= 0.6 is 36.6 Å². The number of halogens is 3. The third-order valence-electron chi connectivity index (χ3n) is 7.00. The monoisotopic (exact) mass is 551 g/mol. The molecule has 1 fully saturated rings. The van der Waals surface area contributed by atoms with E-state index in [1.54, 1.807) is 10.6 Å². The summed E-state index contributed by atoms with van der Waals surface area (Å²) in [6, 6.07) is 9.28. The molecule has 1 amide bonds. The predicted molar refractivity (Wildman–Crippen MR) is 145 cm³/mol. The predicted octanol–water partition coefficient (Wildman–Crippen LogP) is 3.59. The molecule has 0 spiro atoms. The van der Waals surface area contributed by atoms with E-state index in [0.29, 0.717) is 49.1 Å². The molecule has 6 rings (SSSR count). The zero-order valence-electron chi connectivity index (χ0n) is 19.6. The molecule has 0 bridgehead atoms. The van der Waals surface area contributed by atoms with Crippen LogP contribution in [0.1, 0.15) is 23.2 Å². The maximum Gasteiger partial charge on any atom is 0.255 e. The molecular formula is C25H28Cl2FN5O2S. The molecule has 2 N–H and O–H groups in total. The second kappa shape index (κ2) is 11.1. The minimum Gasteiger partial charge on any atom is -0.311 e. The molecule has 36 heavy (non-hydrogen) atoms. The van der Waals surface area contributed by atoms with Crippen molar-refractivity contribution in [1.82, 2.24) is 19.8 Å². The van der Waals surface area contributed by atoms with Gasteiger partial charge in [0.05, 0.1) is 21.9 Å². The van der Waals surface area contributed by atoms with E-state index >= 15 is 0 Å². The number of anilines is 1. The fourth-order valence-electron chi connectivity index (χ4n) is 5.35. The van der Waals surface area contributed by atoms with Crippen LogP contribution in [0.25, 0.3) is 10.9 Å². The topological polar surface area (TPSA) is 79.3 Å². The zero-order valence-corrected chi connectivity index (χ0v) is 22.0. The highest BCUT2D eigenvalue weighted by atomic mass is 35.5. The second-order valence-electron chi connectivity index (χ2n) is 9.35. The van der Waals surface area contributed by atoms with Crippen LogP contribution in [0.3, 0.4) is 0 Å². The SMILES string of the molecule is Cl.Cl.O=C1CSc2ccc(CNCC3CCN(Cc4cc5ccc(F)c6c5n(c4=O)CC6)C3)nc2N1. The fourth-order valence-corrected chi connectivity index (χ4v) is 6.10. The summed E-state index contributed by atoms with van der Waals surface area (Å²) in [6.07, 6.45) is 1.66. The highest BCUT2D eigenvalue weighted by Crippen LogP contribution is 2.30. The number of rotatable bonds is 6. The summed E-state index contributed by atoms with van der Waals surface area (Å²) in [6.45, 7) is 4.61. The number of aromatic nitrogens is 2. The summed E-state index contributed by atoms with van der Waals surface area (Å²) in [7, 11) is 0. The molecule has 11 heteroatoms. The number of amides is 1. The quantitative estimate of drug-likeness (QED) is 0.487.